The lowest BCUT2D eigenvalue weighted by Gasteiger charge is -2.38. The van der Waals surface area contributed by atoms with Gasteiger partial charge in [-0.1, -0.05) is 26.2 Å². The lowest BCUT2D eigenvalue weighted by Crippen LogP contribution is -2.47. The van der Waals surface area contributed by atoms with Gasteiger partial charge in [0.1, 0.15) is 0 Å². The molecule has 6 heteroatoms. The molecule has 1 aromatic heterocycles. The van der Waals surface area contributed by atoms with E-state index < -0.39 is 0 Å². The topological polar surface area (TPSA) is 40.6 Å². The van der Waals surface area contributed by atoms with E-state index in [-0.39, 0.29) is 18.4 Å². The molecule has 0 radical (unpaired) electrons. The number of nitrogens with zero attached hydrogens (tertiary/aromatic N) is 2. The molecule has 2 amide bonds. The highest BCUT2D eigenvalue weighted by Crippen LogP contribution is 2.30. The summed E-state index contributed by atoms with van der Waals surface area (Å²) in [6, 6.07) is 3.96. The predicted octanol–water partition coefficient (Wildman–Crippen LogP) is 4.01. The van der Waals surface area contributed by atoms with Crippen molar-refractivity contribution in [2.75, 3.05) is 20.6 Å². The first-order chi connectivity index (χ1) is 10.9. The first-order valence-electron chi connectivity index (χ1n) is 8.20. The minimum absolute atomic E-state index is 0.0295. The molecule has 128 valence electrons. The minimum atomic E-state index is -0.0989. The Labute approximate surface area is 151 Å². The molecule has 0 bridgehead atoms. The van der Waals surface area contributed by atoms with Crippen molar-refractivity contribution in [3.63, 3.8) is 0 Å². The Morgan fingerprint density at radius 2 is 1.96 bits per heavy atom. The molecular weight excluding hydrogens is 376 g/mol. The highest BCUT2D eigenvalue weighted by Gasteiger charge is 2.30. The van der Waals surface area contributed by atoms with E-state index in [2.05, 4.69) is 22.9 Å². The molecule has 1 aromatic rings. The molecule has 1 saturated carbocycles. The second kappa shape index (κ2) is 8.29. The van der Waals surface area contributed by atoms with Crippen LogP contribution in [-0.2, 0) is 4.79 Å². The number of thiophene rings is 1. The summed E-state index contributed by atoms with van der Waals surface area (Å²) in [5.41, 5.74) is 0. The van der Waals surface area contributed by atoms with Crippen LogP contribution in [0, 0.1) is 5.92 Å². The fourth-order valence-corrected chi connectivity index (χ4v) is 4.74. The maximum atomic E-state index is 12.6. The van der Waals surface area contributed by atoms with Crippen LogP contribution < -0.4 is 0 Å². The van der Waals surface area contributed by atoms with E-state index in [1.54, 1.807) is 13.1 Å². The van der Waals surface area contributed by atoms with Crippen LogP contribution in [0.3, 0.4) is 0 Å². The summed E-state index contributed by atoms with van der Waals surface area (Å²) in [6.07, 6.45) is 5.85. The van der Waals surface area contributed by atoms with Gasteiger partial charge in [-0.05, 0) is 46.8 Å². The first kappa shape index (κ1) is 18.5. The summed E-state index contributed by atoms with van der Waals surface area (Å²) < 4.78 is 0.922. The molecule has 0 saturated heterocycles. The SMILES string of the molecule is CC[C@H]1CCCC[C@@H]1N(C)C(=O)CN(C)C(=O)c1ccc(Br)s1. The van der Waals surface area contributed by atoms with Crippen LogP contribution in [0.4, 0.5) is 0 Å². The molecule has 0 N–H and O–H groups in total. The van der Waals surface area contributed by atoms with Crippen molar-refractivity contribution >= 4 is 39.1 Å². The number of rotatable bonds is 5. The van der Waals surface area contributed by atoms with Gasteiger partial charge in [-0.15, -0.1) is 11.3 Å². The Morgan fingerprint density at radius 1 is 1.26 bits per heavy atom. The van der Waals surface area contributed by atoms with E-state index >= 15 is 0 Å². The normalized spacial score (nSPS) is 21.0. The van der Waals surface area contributed by atoms with E-state index in [4.69, 9.17) is 0 Å². The Hall–Kier alpha value is -0.880. The van der Waals surface area contributed by atoms with Gasteiger partial charge in [-0.25, -0.2) is 0 Å². The molecule has 1 heterocycles. The van der Waals surface area contributed by atoms with Gasteiger partial charge in [0.15, 0.2) is 0 Å². The van der Waals surface area contributed by atoms with Gasteiger partial charge in [-0.3, -0.25) is 9.59 Å². The highest BCUT2D eigenvalue weighted by molar-refractivity contribution is 9.11. The van der Waals surface area contributed by atoms with Crippen molar-refractivity contribution in [2.45, 2.75) is 45.1 Å². The van der Waals surface area contributed by atoms with Gasteiger partial charge in [0.2, 0.25) is 5.91 Å². The third kappa shape index (κ3) is 4.57. The molecule has 1 aliphatic carbocycles. The standard InChI is InChI=1S/C17H25BrN2O2S/c1-4-12-7-5-6-8-13(12)20(3)16(21)11-19(2)17(22)14-9-10-15(18)23-14/h9-10,12-13H,4-8,11H2,1-3H3/t12-,13-/m0/s1. The number of halogens is 1. The number of amides is 2. The minimum Gasteiger partial charge on any atom is -0.341 e. The highest BCUT2D eigenvalue weighted by atomic mass is 79.9. The van der Waals surface area contributed by atoms with Gasteiger partial charge in [0.05, 0.1) is 15.2 Å². The Balaban J connectivity index is 1.95. The summed E-state index contributed by atoms with van der Waals surface area (Å²) in [6.45, 7) is 2.34. The number of carbonyl (C=O) groups excluding carboxylic acids is 2. The summed E-state index contributed by atoms with van der Waals surface area (Å²) in [5.74, 6) is 0.520. The molecule has 23 heavy (non-hydrogen) atoms. The maximum absolute atomic E-state index is 12.6. The Bertz CT molecular complexity index is 561. The largest absolute Gasteiger partial charge is 0.341 e. The van der Waals surface area contributed by atoms with E-state index in [9.17, 15) is 9.59 Å². The van der Waals surface area contributed by atoms with E-state index in [0.29, 0.717) is 16.8 Å². The molecular formula is C17H25BrN2O2S. The summed E-state index contributed by atoms with van der Waals surface area (Å²) in [4.78, 5) is 29.0. The quantitative estimate of drug-likeness (QED) is 0.748. The zero-order valence-electron chi connectivity index (χ0n) is 14.0. The van der Waals surface area contributed by atoms with Crippen LogP contribution in [-0.4, -0.2) is 48.3 Å². The number of likely N-dealkylation sites (N-methyl/N-ethyl adjacent to an activating group) is 2. The van der Waals surface area contributed by atoms with Crippen LogP contribution >= 0.6 is 27.3 Å². The predicted molar refractivity (Wildman–Crippen MR) is 97.8 cm³/mol. The second-order valence-electron chi connectivity index (χ2n) is 6.29. The van der Waals surface area contributed by atoms with E-state index in [0.717, 1.165) is 16.6 Å². The van der Waals surface area contributed by atoms with Gasteiger partial charge in [-0.2, -0.15) is 0 Å². The average molecular weight is 401 g/mol. The van der Waals surface area contributed by atoms with Crippen LogP contribution in [0.2, 0.25) is 0 Å². The fraction of sp³-hybridized carbons (Fsp3) is 0.647. The van der Waals surface area contributed by atoms with Crippen molar-refractivity contribution in [2.24, 2.45) is 5.92 Å². The third-order valence-electron chi connectivity index (χ3n) is 4.79. The van der Waals surface area contributed by atoms with Crippen molar-refractivity contribution in [3.8, 4) is 0 Å². The van der Waals surface area contributed by atoms with Crippen molar-refractivity contribution in [3.05, 3.63) is 20.8 Å². The van der Waals surface area contributed by atoms with Crippen LogP contribution in [0.25, 0.3) is 0 Å². The van der Waals surface area contributed by atoms with Crippen LogP contribution in [0.15, 0.2) is 15.9 Å². The van der Waals surface area contributed by atoms with Crippen molar-refractivity contribution in [1.82, 2.24) is 9.80 Å². The number of hydrogen-bond acceptors (Lipinski definition) is 3. The molecule has 0 aliphatic heterocycles. The molecule has 0 aromatic carbocycles. The van der Waals surface area contributed by atoms with Gasteiger partial charge < -0.3 is 9.80 Å². The van der Waals surface area contributed by atoms with Crippen molar-refractivity contribution < 1.29 is 9.59 Å². The first-order valence-corrected chi connectivity index (χ1v) is 9.81. The van der Waals surface area contributed by atoms with Crippen molar-refractivity contribution in [1.29, 1.82) is 0 Å². The van der Waals surface area contributed by atoms with E-state index in [1.807, 2.05) is 18.0 Å². The van der Waals surface area contributed by atoms with Gasteiger partial charge in [0, 0.05) is 20.1 Å². The molecule has 1 fully saturated rings. The average Bonchev–Trinajstić information content (AvgIpc) is 2.99. The molecule has 0 unspecified atom stereocenters. The third-order valence-corrected chi connectivity index (χ3v) is 6.40. The zero-order valence-corrected chi connectivity index (χ0v) is 16.5. The van der Waals surface area contributed by atoms with E-state index in [1.165, 1.54) is 35.5 Å². The Morgan fingerprint density at radius 3 is 2.57 bits per heavy atom. The van der Waals surface area contributed by atoms with Gasteiger partial charge in [0.25, 0.3) is 5.91 Å². The maximum Gasteiger partial charge on any atom is 0.264 e. The second-order valence-corrected chi connectivity index (χ2v) is 8.75. The summed E-state index contributed by atoms with van der Waals surface area (Å²) in [7, 11) is 3.58. The van der Waals surface area contributed by atoms with Crippen LogP contribution in [0.1, 0.15) is 48.7 Å². The fourth-order valence-electron chi connectivity index (χ4n) is 3.36. The lowest BCUT2D eigenvalue weighted by atomic mass is 9.82. The molecule has 4 nitrogen and oxygen atoms in total. The zero-order chi connectivity index (χ0) is 17.0. The molecule has 2 rings (SSSR count). The smallest absolute Gasteiger partial charge is 0.264 e. The summed E-state index contributed by atoms with van der Waals surface area (Å²) >= 11 is 4.76. The number of carbonyl (C=O) groups is 2. The molecule has 2 atom stereocenters. The summed E-state index contributed by atoms with van der Waals surface area (Å²) in [5, 5.41) is 0. The van der Waals surface area contributed by atoms with Crippen LogP contribution in [0.5, 0.6) is 0 Å². The molecule has 0 spiro atoms. The lowest BCUT2D eigenvalue weighted by molar-refractivity contribution is -0.134. The number of hydrogen-bond donors (Lipinski definition) is 0. The molecule has 1 aliphatic rings. The monoisotopic (exact) mass is 400 g/mol. The Kier molecular flexibility index (Phi) is 6.65. The van der Waals surface area contributed by atoms with Gasteiger partial charge >= 0.3 is 0 Å².